The maximum atomic E-state index is 10.4. The van der Waals surface area contributed by atoms with Crippen molar-refractivity contribution < 1.29 is 9.84 Å². The molecule has 0 spiro atoms. The number of hydrogen-bond acceptors (Lipinski definition) is 4. The van der Waals surface area contributed by atoms with Crippen LogP contribution in [0, 0.1) is 0 Å². The first kappa shape index (κ1) is 14.9. The van der Waals surface area contributed by atoms with Crippen LogP contribution < -0.4 is 10.1 Å². The number of pyridine rings is 1. The average molecular weight is 252 g/mol. The van der Waals surface area contributed by atoms with Crippen molar-refractivity contribution in [1.82, 2.24) is 10.3 Å². The molecule has 0 fully saturated rings. The molecule has 0 saturated heterocycles. The summed E-state index contributed by atoms with van der Waals surface area (Å²) in [5.41, 5.74) is -0.0931. The predicted molar refractivity (Wildman–Crippen MR) is 72.7 cm³/mol. The van der Waals surface area contributed by atoms with Gasteiger partial charge in [0.15, 0.2) is 0 Å². The van der Waals surface area contributed by atoms with E-state index in [0.717, 1.165) is 18.7 Å². The Hall–Kier alpha value is -1.13. The van der Waals surface area contributed by atoms with Crippen molar-refractivity contribution >= 4 is 0 Å². The molecule has 2 N–H and O–H groups in total. The smallest absolute Gasteiger partial charge is 0.138 e. The van der Waals surface area contributed by atoms with E-state index in [-0.39, 0.29) is 6.10 Å². The number of aliphatic hydroxyl groups is 1. The van der Waals surface area contributed by atoms with E-state index >= 15 is 0 Å². The molecule has 1 rings (SSSR count). The van der Waals surface area contributed by atoms with E-state index < -0.39 is 5.60 Å². The molecule has 0 aromatic carbocycles. The van der Waals surface area contributed by atoms with Crippen molar-refractivity contribution in [2.45, 2.75) is 45.8 Å². The summed E-state index contributed by atoms with van der Waals surface area (Å²) < 4.78 is 5.59. The third kappa shape index (κ3) is 4.63. The Balaban J connectivity index is 2.74. The van der Waals surface area contributed by atoms with Crippen molar-refractivity contribution in [3.05, 3.63) is 24.0 Å². The van der Waals surface area contributed by atoms with Crippen molar-refractivity contribution in [3.63, 3.8) is 0 Å². The quantitative estimate of drug-likeness (QED) is 0.729. The second-order valence-corrected chi connectivity index (χ2v) is 4.95. The summed E-state index contributed by atoms with van der Waals surface area (Å²) in [4.78, 5) is 4.13. The van der Waals surface area contributed by atoms with Crippen LogP contribution in [0.25, 0.3) is 0 Å². The van der Waals surface area contributed by atoms with Crippen molar-refractivity contribution in [3.8, 4) is 5.75 Å². The Morgan fingerprint density at radius 1 is 1.44 bits per heavy atom. The summed E-state index contributed by atoms with van der Waals surface area (Å²) in [6.45, 7) is 9.48. The number of rotatable bonds is 7. The molecular weight excluding hydrogens is 228 g/mol. The average Bonchev–Trinajstić information content (AvgIpc) is 2.28. The lowest BCUT2D eigenvalue weighted by molar-refractivity contribution is 0.0474. The van der Waals surface area contributed by atoms with Gasteiger partial charge in [-0.25, -0.2) is 0 Å². The van der Waals surface area contributed by atoms with Crippen molar-refractivity contribution in [2.24, 2.45) is 0 Å². The van der Waals surface area contributed by atoms with E-state index in [1.165, 1.54) is 0 Å². The van der Waals surface area contributed by atoms with Crippen molar-refractivity contribution in [2.75, 3.05) is 13.1 Å². The van der Waals surface area contributed by atoms with Crippen LogP contribution in [-0.4, -0.2) is 29.3 Å². The lowest BCUT2D eigenvalue weighted by Gasteiger charge is -2.24. The number of nitrogens with one attached hydrogen (secondary N) is 1. The van der Waals surface area contributed by atoms with Crippen LogP contribution in [0.2, 0.25) is 0 Å². The Bertz CT molecular complexity index is 365. The summed E-state index contributed by atoms with van der Waals surface area (Å²) in [6, 6.07) is 1.86. The van der Waals surface area contributed by atoms with Gasteiger partial charge in [0.1, 0.15) is 5.75 Å². The van der Waals surface area contributed by atoms with E-state index in [1.54, 1.807) is 19.3 Å². The molecule has 0 saturated carbocycles. The summed E-state index contributed by atoms with van der Waals surface area (Å²) in [5.74, 6) is 0.700. The van der Waals surface area contributed by atoms with Crippen LogP contribution in [0.1, 0.15) is 39.7 Å². The van der Waals surface area contributed by atoms with Crippen LogP contribution in [0.15, 0.2) is 18.5 Å². The maximum absolute atomic E-state index is 10.4. The zero-order chi connectivity index (χ0) is 13.6. The van der Waals surface area contributed by atoms with Gasteiger partial charge in [-0.2, -0.15) is 0 Å². The van der Waals surface area contributed by atoms with Crippen LogP contribution >= 0.6 is 0 Å². The molecule has 1 heterocycles. The molecule has 0 amide bonds. The molecule has 0 aliphatic carbocycles. The van der Waals surface area contributed by atoms with Gasteiger partial charge in [0.25, 0.3) is 0 Å². The van der Waals surface area contributed by atoms with Gasteiger partial charge in [0.05, 0.1) is 17.9 Å². The Morgan fingerprint density at radius 2 is 2.17 bits per heavy atom. The third-order valence-corrected chi connectivity index (χ3v) is 2.75. The Kier molecular flexibility index (Phi) is 5.56. The fourth-order valence-corrected chi connectivity index (χ4v) is 1.70. The molecule has 4 nitrogen and oxygen atoms in total. The lowest BCUT2D eigenvalue weighted by Crippen LogP contribution is -2.28. The molecule has 0 bridgehead atoms. The molecule has 1 aromatic rings. The van der Waals surface area contributed by atoms with E-state index in [2.05, 4.69) is 10.3 Å². The normalized spacial score (nSPS) is 14.6. The van der Waals surface area contributed by atoms with Crippen LogP contribution in [-0.2, 0) is 5.60 Å². The second-order valence-electron chi connectivity index (χ2n) is 4.95. The highest BCUT2D eigenvalue weighted by Gasteiger charge is 2.23. The molecule has 1 unspecified atom stereocenters. The summed E-state index contributed by atoms with van der Waals surface area (Å²) >= 11 is 0. The van der Waals surface area contributed by atoms with E-state index in [9.17, 15) is 5.11 Å². The van der Waals surface area contributed by atoms with Crippen LogP contribution in [0.5, 0.6) is 5.75 Å². The predicted octanol–water partition coefficient (Wildman–Crippen LogP) is 2.08. The fourth-order valence-electron chi connectivity index (χ4n) is 1.70. The standard InChI is InChI=1S/C14H24N2O2/c1-5-15-7-6-14(4,17)12-8-13(10-16-9-12)18-11(2)3/h8-11,15,17H,5-7H2,1-4H3. The summed E-state index contributed by atoms with van der Waals surface area (Å²) in [6.07, 6.45) is 4.12. The molecule has 1 aromatic heterocycles. The second kappa shape index (κ2) is 6.71. The molecule has 0 aliphatic heterocycles. The Labute approximate surface area is 109 Å². The summed E-state index contributed by atoms with van der Waals surface area (Å²) in [5, 5.41) is 13.6. The van der Waals surface area contributed by atoms with Crippen LogP contribution in [0.3, 0.4) is 0 Å². The minimum Gasteiger partial charge on any atom is -0.489 e. The first-order chi connectivity index (χ1) is 8.45. The van der Waals surface area contributed by atoms with Crippen molar-refractivity contribution in [1.29, 1.82) is 0 Å². The van der Waals surface area contributed by atoms with E-state index in [1.807, 2.05) is 26.8 Å². The number of hydrogen-bond donors (Lipinski definition) is 2. The first-order valence-corrected chi connectivity index (χ1v) is 6.51. The maximum Gasteiger partial charge on any atom is 0.138 e. The van der Waals surface area contributed by atoms with Gasteiger partial charge in [-0.3, -0.25) is 4.98 Å². The largest absolute Gasteiger partial charge is 0.489 e. The minimum atomic E-state index is -0.883. The summed E-state index contributed by atoms with van der Waals surface area (Å²) in [7, 11) is 0. The highest BCUT2D eigenvalue weighted by Crippen LogP contribution is 2.26. The van der Waals surface area contributed by atoms with Gasteiger partial charge in [-0.1, -0.05) is 6.92 Å². The minimum absolute atomic E-state index is 0.105. The number of nitrogens with zero attached hydrogens (tertiary/aromatic N) is 1. The van der Waals surface area contributed by atoms with E-state index in [0.29, 0.717) is 12.2 Å². The van der Waals surface area contributed by atoms with Gasteiger partial charge in [-0.15, -0.1) is 0 Å². The number of ether oxygens (including phenoxy) is 1. The zero-order valence-electron chi connectivity index (χ0n) is 11.7. The monoisotopic (exact) mass is 252 g/mol. The van der Waals surface area contributed by atoms with Gasteiger partial charge in [0, 0.05) is 11.8 Å². The lowest BCUT2D eigenvalue weighted by atomic mass is 9.94. The molecule has 1 atom stereocenters. The molecule has 4 heteroatoms. The molecule has 0 radical (unpaired) electrons. The van der Waals surface area contributed by atoms with E-state index in [4.69, 9.17) is 4.74 Å². The SMILES string of the molecule is CCNCCC(C)(O)c1cncc(OC(C)C)c1. The molecule has 102 valence electrons. The molecule has 18 heavy (non-hydrogen) atoms. The highest BCUT2D eigenvalue weighted by atomic mass is 16.5. The topological polar surface area (TPSA) is 54.4 Å². The Morgan fingerprint density at radius 3 is 2.78 bits per heavy atom. The number of aromatic nitrogens is 1. The molecular formula is C14H24N2O2. The zero-order valence-corrected chi connectivity index (χ0v) is 11.7. The van der Waals surface area contributed by atoms with Gasteiger partial charge in [0.2, 0.25) is 0 Å². The van der Waals surface area contributed by atoms with Gasteiger partial charge >= 0.3 is 0 Å². The van der Waals surface area contributed by atoms with Gasteiger partial charge < -0.3 is 15.2 Å². The molecule has 0 aliphatic rings. The third-order valence-electron chi connectivity index (χ3n) is 2.75. The van der Waals surface area contributed by atoms with Gasteiger partial charge in [-0.05, 0) is 46.3 Å². The van der Waals surface area contributed by atoms with Crippen LogP contribution in [0.4, 0.5) is 0 Å². The fraction of sp³-hybridized carbons (Fsp3) is 0.643. The first-order valence-electron chi connectivity index (χ1n) is 6.51. The highest BCUT2D eigenvalue weighted by molar-refractivity contribution is 5.27.